The Morgan fingerprint density at radius 1 is 1.20 bits per heavy atom. The predicted molar refractivity (Wildman–Crippen MR) is 83.7 cm³/mol. The molecule has 0 radical (unpaired) electrons. The first-order valence-corrected chi connectivity index (χ1v) is 8.25. The Labute approximate surface area is 123 Å². The number of fused-ring (bicyclic) bond motifs is 2. The van der Waals surface area contributed by atoms with Gasteiger partial charge in [-0.2, -0.15) is 0 Å². The molecule has 1 aliphatic carbocycles. The van der Waals surface area contributed by atoms with Crippen LogP contribution in [0.15, 0.2) is 24.3 Å². The van der Waals surface area contributed by atoms with Crippen LogP contribution in [0.3, 0.4) is 0 Å². The Bertz CT molecular complexity index is 634. The normalized spacial score (nSPS) is 21.4. The van der Waals surface area contributed by atoms with Gasteiger partial charge >= 0.3 is 0 Å². The fraction of sp³-hybridized carbons (Fsp3) is 0.438. The summed E-state index contributed by atoms with van der Waals surface area (Å²) in [4.78, 5) is 8.59. The van der Waals surface area contributed by atoms with Crippen LogP contribution in [0.2, 0.25) is 0 Å². The SMILES string of the molecule is NC1CCCc2nc(N3CCCc4ccccc43)sc21. The van der Waals surface area contributed by atoms with E-state index in [1.807, 2.05) is 0 Å². The summed E-state index contributed by atoms with van der Waals surface area (Å²) in [5.41, 5.74) is 10.3. The molecule has 4 rings (SSSR count). The highest BCUT2D eigenvalue weighted by Crippen LogP contribution is 2.40. The minimum absolute atomic E-state index is 0.199. The number of rotatable bonds is 1. The van der Waals surface area contributed by atoms with Gasteiger partial charge in [-0.05, 0) is 43.7 Å². The van der Waals surface area contributed by atoms with Crippen molar-refractivity contribution in [2.75, 3.05) is 11.4 Å². The Morgan fingerprint density at radius 2 is 2.10 bits per heavy atom. The van der Waals surface area contributed by atoms with E-state index in [0.29, 0.717) is 0 Å². The lowest BCUT2D eigenvalue weighted by Crippen LogP contribution is -2.24. The lowest BCUT2D eigenvalue weighted by Gasteiger charge is -2.28. The number of aromatic nitrogens is 1. The monoisotopic (exact) mass is 285 g/mol. The van der Waals surface area contributed by atoms with Gasteiger partial charge in [0.05, 0.1) is 5.69 Å². The molecular formula is C16H19N3S. The number of benzene rings is 1. The molecule has 0 saturated carbocycles. The average molecular weight is 285 g/mol. The van der Waals surface area contributed by atoms with Gasteiger partial charge in [0.15, 0.2) is 5.13 Å². The van der Waals surface area contributed by atoms with E-state index < -0.39 is 0 Å². The number of para-hydroxylation sites is 1. The zero-order valence-corrected chi connectivity index (χ0v) is 12.3. The maximum atomic E-state index is 6.24. The van der Waals surface area contributed by atoms with E-state index in [9.17, 15) is 0 Å². The Hall–Kier alpha value is -1.39. The molecule has 1 unspecified atom stereocenters. The van der Waals surface area contributed by atoms with Crippen molar-refractivity contribution in [3.05, 3.63) is 40.4 Å². The van der Waals surface area contributed by atoms with E-state index in [1.165, 1.54) is 41.1 Å². The zero-order valence-electron chi connectivity index (χ0n) is 11.5. The number of hydrogen-bond acceptors (Lipinski definition) is 4. The van der Waals surface area contributed by atoms with Gasteiger partial charge in [-0.15, -0.1) is 0 Å². The average Bonchev–Trinajstić information content (AvgIpc) is 2.92. The Morgan fingerprint density at radius 3 is 3.00 bits per heavy atom. The van der Waals surface area contributed by atoms with E-state index in [-0.39, 0.29) is 6.04 Å². The van der Waals surface area contributed by atoms with Crippen LogP contribution in [-0.4, -0.2) is 11.5 Å². The molecule has 0 fully saturated rings. The van der Waals surface area contributed by atoms with Gasteiger partial charge in [0.1, 0.15) is 0 Å². The molecule has 1 aromatic heterocycles. The van der Waals surface area contributed by atoms with Crippen molar-refractivity contribution in [3.8, 4) is 0 Å². The maximum Gasteiger partial charge on any atom is 0.190 e. The summed E-state index contributed by atoms with van der Waals surface area (Å²) >= 11 is 1.80. The van der Waals surface area contributed by atoms with Crippen molar-refractivity contribution in [2.45, 2.75) is 38.1 Å². The topological polar surface area (TPSA) is 42.1 Å². The number of thiazole rings is 1. The summed E-state index contributed by atoms with van der Waals surface area (Å²) < 4.78 is 0. The maximum absolute atomic E-state index is 6.24. The Balaban J connectivity index is 1.76. The highest BCUT2D eigenvalue weighted by atomic mass is 32.1. The second-order valence-electron chi connectivity index (χ2n) is 5.69. The number of anilines is 2. The van der Waals surface area contributed by atoms with Gasteiger partial charge in [-0.3, -0.25) is 0 Å². The van der Waals surface area contributed by atoms with Crippen LogP contribution in [0.25, 0.3) is 0 Å². The van der Waals surface area contributed by atoms with Gasteiger partial charge in [-0.25, -0.2) is 4.98 Å². The third-order valence-corrected chi connectivity index (χ3v) is 5.58. The smallest absolute Gasteiger partial charge is 0.190 e. The molecule has 2 N–H and O–H groups in total. The molecule has 4 heteroatoms. The lowest BCUT2D eigenvalue weighted by molar-refractivity contribution is 0.573. The fourth-order valence-corrected chi connectivity index (χ4v) is 4.47. The van der Waals surface area contributed by atoms with E-state index in [4.69, 9.17) is 10.7 Å². The largest absolute Gasteiger partial charge is 0.323 e. The van der Waals surface area contributed by atoms with Crippen molar-refractivity contribution < 1.29 is 0 Å². The van der Waals surface area contributed by atoms with Crippen LogP contribution >= 0.6 is 11.3 Å². The number of nitrogens with two attached hydrogens (primary N) is 1. The zero-order chi connectivity index (χ0) is 13.5. The molecule has 0 saturated heterocycles. The van der Waals surface area contributed by atoms with Crippen molar-refractivity contribution >= 4 is 22.2 Å². The van der Waals surface area contributed by atoms with Crippen LogP contribution in [0.5, 0.6) is 0 Å². The quantitative estimate of drug-likeness (QED) is 0.871. The molecule has 2 heterocycles. The molecule has 0 spiro atoms. The summed E-state index contributed by atoms with van der Waals surface area (Å²) in [7, 11) is 0. The van der Waals surface area contributed by atoms with Gasteiger partial charge < -0.3 is 10.6 Å². The van der Waals surface area contributed by atoms with Crippen LogP contribution in [0.1, 0.15) is 41.4 Å². The molecule has 0 amide bonds. The summed E-state index contributed by atoms with van der Waals surface area (Å²) in [5, 5.41) is 1.14. The molecule has 20 heavy (non-hydrogen) atoms. The lowest BCUT2D eigenvalue weighted by atomic mass is 9.99. The first kappa shape index (κ1) is 12.4. The molecule has 3 nitrogen and oxygen atoms in total. The van der Waals surface area contributed by atoms with Gasteiger partial charge in [-0.1, -0.05) is 29.5 Å². The number of nitrogens with zero attached hydrogens (tertiary/aromatic N) is 2. The third kappa shape index (κ3) is 1.95. The summed E-state index contributed by atoms with van der Waals surface area (Å²) in [6.07, 6.45) is 5.75. The van der Waals surface area contributed by atoms with E-state index in [2.05, 4.69) is 29.2 Å². The van der Waals surface area contributed by atoms with E-state index in [0.717, 1.165) is 24.5 Å². The van der Waals surface area contributed by atoms with Crippen molar-refractivity contribution in [2.24, 2.45) is 5.73 Å². The van der Waals surface area contributed by atoms with Gasteiger partial charge in [0, 0.05) is 23.2 Å². The first-order valence-electron chi connectivity index (χ1n) is 7.43. The van der Waals surface area contributed by atoms with E-state index in [1.54, 1.807) is 11.3 Å². The molecule has 2 aliphatic rings. The van der Waals surface area contributed by atoms with Crippen molar-refractivity contribution in [3.63, 3.8) is 0 Å². The molecule has 1 aliphatic heterocycles. The summed E-state index contributed by atoms with van der Waals surface area (Å²) in [5.74, 6) is 0. The molecular weight excluding hydrogens is 266 g/mol. The van der Waals surface area contributed by atoms with E-state index >= 15 is 0 Å². The van der Waals surface area contributed by atoms with Crippen LogP contribution < -0.4 is 10.6 Å². The van der Waals surface area contributed by atoms with Gasteiger partial charge in [0.25, 0.3) is 0 Å². The third-order valence-electron chi connectivity index (χ3n) is 4.32. The van der Waals surface area contributed by atoms with Crippen LogP contribution in [0, 0.1) is 0 Å². The second kappa shape index (κ2) is 4.86. The standard InChI is InChI=1S/C16H19N3S/c17-12-7-3-8-13-15(12)20-16(18-13)19-10-4-6-11-5-1-2-9-14(11)19/h1-2,5,9,12H,3-4,6-8,10,17H2. The number of hydrogen-bond donors (Lipinski definition) is 1. The Kier molecular flexibility index (Phi) is 3.00. The molecule has 104 valence electrons. The highest BCUT2D eigenvalue weighted by Gasteiger charge is 2.26. The van der Waals surface area contributed by atoms with Crippen molar-refractivity contribution in [1.29, 1.82) is 0 Å². The molecule has 1 atom stereocenters. The summed E-state index contributed by atoms with van der Waals surface area (Å²) in [6, 6.07) is 8.90. The predicted octanol–water partition coefficient (Wildman–Crippen LogP) is 3.56. The minimum Gasteiger partial charge on any atom is -0.323 e. The van der Waals surface area contributed by atoms with Crippen molar-refractivity contribution in [1.82, 2.24) is 4.98 Å². The fourth-order valence-electron chi connectivity index (χ4n) is 3.29. The molecule has 1 aromatic carbocycles. The second-order valence-corrected chi connectivity index (χ2v) is 6.70. The highest BCUT2D eigenvalue weighted by molar-refractivity contribution is 7.15. The van der Waals surface area contributed by atoms with Gasteiger partial charge in [0.2, 0.25) is 0 Å². The molecule has 2 aromatic rings. The van der Waals surface area contributed by atoms with Crippen LogP contribution in [-0.2, 0) is 12.8 Å². The minimum atomic E-state index is 0.199. The van der Waals surface area contributed by atoms with Crippen LogP contribution in [0.4, 0.5) is 10.8 Å². The summed E-state index contributed by atoms with van der Waals surface area (Å²) in [6.45, 7) is 1.07. The first-order chi connectivity index (χ1) is 9.83. The number of aryl methyl sites for hydroxylation is 2. The molecule has 0 bridgehead atoms.